The predicted molar refractivity (Wildman–Crippen MR) is 81.0 cm³/mol. The first-order valence-corrected chi connectivity index (χ1v) is 9.32. The summed E-state index contributed by atoms with van der Waals surface area (Å²) in [5.41, 5.74) is 0. The van der Waals surface area contributed by atoms with Crippen molar-refractivity contribution in [3.8, 4) is 0 Å². The van der Waals surface area contributed by atoms with E-state index in [-0.39, 0.29) is 15.6 Å². The zero-order valence-corrected chi connectivity index (χ0v) is 14.0. The van der Waals surface area contributed by atoms with Crippen LogP contribution in [0.5, 0.6) is 0 Å². The molecule has 0 spiro atoms. The van der Waals surface area contributed by atoms with Crippen LogP contribution in [0.1, 0.15) is 44.8 Å². The molecule has 0 unspecified atom stereocenters. The van der Waals surface area contributed by atoms with Crippen molar-refractivity contribution in [2.45, 2.75) is 56.5 Å². The second-order valence-corrected chi connectivity index (χ2v) is 7.49. The number of nitrogens with one attached hydrogen (secondary N) is 2. The minimum absolute atomic E-state index is 0.0489. The lowest BCUT2D eigenvalue weighted by Gasteiger charge is -2.22. The van der Waals surface area contributed by atoms with Gasteiger partial charge in [-0.25, -0.2) is 13.1 Å². The largest absolute Gasteiger partial charge is 0.452 e. The van der Waals surface area contributed by atoms with Crippen LogP contribution in [-0.4, -0.2) is 21.0 Å². The summed E-state index contributed by atoms with van der Waals surface area (Å²) < 4.78 is 33.3. The molecule has 0 bridgehead atoms. The molecule has 0 saturated heterocycles. The Balaban J connectivity index is 2.09. The van der Waals surface area contributed by atoms with Gasteiger partial charge in [0, 0.05) is 12.1 Å². The average Bonchev–Trinajstić information content (AvgIpc) is 2.79. The van der Waals surface area contributed by atoms with Crippen LogP contribution in [0.15, 0.2) is 20.0 Å². The minimum atomic E-state index is -3.51. The Kier molecular flexibility index (Phi) is 5.65. The van der Waals surface area contributed by atoms with Crippen molar-refractivity contribution in [3.05, 3.63) is 16.5 Å². The molecule has 2 N–H and O–H groups in total. The molecule has 0 atom stereocenters. The third kappa shape index (κ3) is 4.07. The molecule has 114 valence electrons. The maximum Gasteiger partial charge on any atom is 0.245 e. The zero-order chi connectivity index (χ0) is 14.6. The van der Waals surface area contributed by atoms with Crippen molar-refractivity contribution in [2.75, 3.05) is 6.54 Å². The Labute approximate surface area is 128 Å². The third-order valence-electron chi connectivity index (χ3n) is 3.47. The Morgan fingerprint density at radius 1 is 1.35 bits per heavy atom. The van der Waals surface area contributed by atoms with E-state index in [1.54, 1.807) is 6.07 Å². The van der Waals surface area contributed by atoms with Gasteiger partial charge in [0.2, 0.25) is 10.0 Å². The van der Waals surface area contributed by atoms with Crippen LogP contribution in [0.4, 0.5) is 0 Å². The molecule has 1 heterocycles. The quantitative estimate of drug-likeness (QED) is 0.813. The van der Waals surface area contributed by atoms with Crippen LogP contribution in [-0.2, 0) is 16.6 Å². The van der Waals surface area contributed by atoms with Crippen LogP contribution >= 0.6 is 15.9 Å². The lowest BCUT2D eigenvalue weighted by atomic mass is 9.96. The highest BCUT2D eigenvalue weighted by molar-refractivity contribution is 9.10. The topological polar surface area (TPSA) is 71.3 Å². The zero-order valence-electron chi connectivity index (χ0n) is 11.6. The molecule has 7 heteroatoms. The molecular formula is C13H21BrN2O3S. The highest BCUT2D eigenvalue weighted by atomic mass is 79.9. The normalized spacial score (nSPS) is 17.5. The van der Waals surface area contributed by atoms with Gasteiger partial charge in [-0.2, -0.15) is 0 Å². The summed E-state index contributed by atoms with van der Waals surface area (Å²) in [7, 11) is -3.51. The van der Waals surface area contributed by atoms with Crippen LogP contribution < -0.4 is 10.0 Å². The molecule has 20 heavy (non-hydrogen) atoms. The molecule has 1 fully saturated rings. The Bertz CT molecular complexity index is 536. The first kappa shape index (κ1) is 16.0. The highest BCUT2D eigenvalue weighted by Gasteiger charge is 2.26. The summed E-state index contributed by atoms with van der Waals surface area (Å²) in [4.78, 5) is 0.191. The fraction of sp³-hybridized carbons (Fsp3) is 0.692. The molecule has 1 aliphatic rings. The number of halogens is 1. The van der Waals surface area contributed by atoms with E-state index < -0.39 is 10.0 Å². The van der Waals surface area contributed by atoms with Gasteiger partial charge in [-0.05, 0) is 35.3 Å². The first-order valence-electron chi connectivity index (χ1n) is 7.04. The summed E-state index contributed by atoms with van der Waals surface area (Å²) in [6.45, 7) is 3.31. The van der Waals surface area contributed by atoms with Gasteiger partial charge in [0.05, 0.1) is 6.54 Å². The smallest absolute Gasteiger partial charge is 0.245 e. The van der Waals surface area contributed by atoms with Crippen molar-refractivity contribution in [3.63, 3.8) is 0 Å². The van der Waals surface area contributed by atoms with Crippen molar-refractivity contribution in [1.82, 2.24) is 10.0 Å². The average molecular weight is 365 g/mol. The van der Waals surface area contributed by atoms with Crippen molar-refractivity contribution >= 4 is 26.0 Å². The molecule has 0 radical (unpaired) electrons. The van der Waals surface area contributed by atoms with Crippen molar-refractivity contribution in [1.29, 1.82) is 0 Å². The number of sulfonamides is 1. The van der Waals surface area contributed by atoms with E-state index >= 15 is 0 Å². The van der Waals surface area contributed by atoms with Crippen LogP contribution in [0.3, 0.4) is 0 Å². The summed E-state index contributed by atoms with van der Waals surface area (Å²) in [6, 6.07) is 1.63. The lowest BCUT2D eigenvalue weighted by Crippen LogP contribution is -2.36. The SMILES string of the molecule is CCNCc1cc(S(=O)(=O)NC2CCCCC2)c(Br)o1. The fourth-order valence-electron chi connectivity index (χ4n) is 2.42. The summed E-state index contributed by atoms with van der Waals surface area (Å²) in [5.74, 6) is 0.614. The second kappa shape index (κ2) is 7.06. The first-order chi connectivity index (χ1) is 9.53. The van der Waals surface area contributed by atoms with Gasteiger partial charge in [0.15, 0.2) is 4.67 Å². The molecular weight excluding hydrogens is 344 g/mol. The molecule has 0 aliphatic heterocycles. The van der Waals surface area contributed by atoms with Gasteiger partial charge < -0.3 is 9.73 Å². The van der Waals surface area contributed by atoms with Gasteiger partial charge in [0.25, 0.3) is 0 Å². The van der Waals surface area contributed by atoms with E-state index in [4.69, 9.17) is 4.42 Å². The summed E-state index contributed by atoms with van der Waals surface area (Å²) >= 11 is 3.20. The van der Waals surface area contributed by atoms with Crippen LogP contribution in [0, 0.1) is 0 Å². The lowest BCUT2D eigenvalue weighted by molar-refractivity contribution is 0.411. The van der Waals surface area contributed by atoms with Crippen molar-refractivity contribution in [2.24, 2.45) is 0 Å². The number of hydrogen-bond acceptors (Lipinski definition) is 4. The van der Waals surface area contributed by atoms with E-state index in [2.05, 4.69) is 26.0 Å². The van der Waals surface area contributed by atoms with E-state index in [0.29, 0.717) is 12.3 Å². The Hall–Kier alpha value is -0.370. The minimum Gasteiger partial charge on any atom is -0.452 e. The van der Waals surface area contributed by atoms with Gasteiger partial charge in [-0.15, -0.1) is 0 Å². The molecule has 5 nitrogen and oxygen atoms in total. The van der Waals surface area contributed by atoms with E-state index in [1.165, 1.54) is 6.42 Å². The fourth-order valence-corrected chi connectivity index (χ4v) is 4.72. The molecule has 1 aromatic rings. The molecule has 2 rings (SSSR count). The van der Waals surface area contributed by atoms with Gasteiger partial charge in [-0.1, -0.05) is 26.2 Å². The third-order valence-corrected chi connectivity index (χ3v) is 5.85. The van der Waals surface area contributed by atoms with E-state index in [9.17, 15) is 8.42 Å². The summed E-state index contributed by atoms with van der Waals surface area (Å²) in [5, 5.41) is 3.11. The predicted octanol–water partition coefficient (Wildman–Crippen LogP) is 2.76. The number of rotatable bonds is 6. The van der Waals surface area contributed by atoms with Gasteiger partial charge in [-0.3, -0.25) is 0 Å². The standard InChI is InChI=1S/C13H21BrN2O3S/c1-2-15-9-11-8-12(13(14)19-11)20(17,18)16-10-6-4-3-5-7-10/h8,10,15-16H,2-7,9H2,1H3. The van der Waals surface area contributed by atoms with Gasteiger partial charge in [0.1, 0.15) is 10.7 Å². The molecule has 1 aliphatic carbocycles. The maximum atomic E-state index is 12.4. The maximum absolute atomic E-state index is 12.4. The molecule has 0 aromatic carbocycles. The van der Waals surface area contributed by atoms with Crippen LogP contribution in [0.2, 0.25) is 0 Å². The molecule has 1 saturated carbocycles. The second-order valence-electron chi connectivity index (χ2n) is 5.09. The number of hydrogen-bond donors (Lipinski definition) is 2. The van der Waals surface area contributed by atoms with Gasteiger partial charge >= 0.3 is 0 Å². The van der Waals surface area contributed by atoms with Crippen LogP contribution in [0.25, 0.3) is 0 Å². The Morgan fingerprint density at radius 3 is 2.70 bits per heavy atom. The monoisotopic (exact) mass is 364 g/mol. The Morgan fingerprint density at radius 2 is 2.05 bits per heavy atom. The van der Waals surface area contributed by atoms with Crippen molar-refractivity contribution < 1.29 is 12.8 Å². The molecule has 0 amide bonds. The number of furan rings is 1. The van der Waals surface area contributed by atoms with E-state index in [1.807, 2.05) is 6.92 Å². The van der Waals surface area contributed by atoms with E-state index in [0.717, 1.165) is 32.2 Å². The summed E-state index contributed by atoms with van der Waals surface area (Å²) in [6.07, 6.45) is 5.20. The molecule has 1 aromatic heterocycles. The highest BCUT2D eigenvalue weighted by Crippen LogP contribution is 2.27.